The van der Waals surface area contributed by atoms with Crippen molar-refractivity contribution in [3.63, 3.8) is 0 Å². The van der Waals surface area contributed by atoms with Crippen molar-refractivity contribution in [1.29, 1.82) is 0 Å². The maximum Gasteiger partial charge on any atom is 0.180 e. The van der Waals surface area contributed by atoms with E-state index in [0.29, 0.717) is 36.9 Å². The first-order valence-electron chi connectivity index (χ1n) is 13.6. The molecule has 0 amide bonds. The molecular weight excluding hydrogens is 524 g/mol. The molecular formula is C31H36N4O6. The summed E-state index contributed by atoms with van der Waals surface area (Å²) in [7, 11) is 1.62. The lowest BCUT2D eigenvalue weighted by Crippen LogP contribution is -2.54. The molecule has 5 atom stereocenters. The van der Waals surface area contributed by atoms with Crippen molar-refractivity contribution in [2.45, 2.75) is 64.2 Å². The van der Waals surface area contributed by atoms with Gasteiger partial charge in [-0.2, -0.15) is 0 Å². The lowest BCUT2D eigenvalue weighted by atomic mass is 9.97. The number of benzene rings is 3. The van der Waals surface area contributed by atoms with Gasteiger partial charge in [0.25, 0.3) is 0 Å². The zero-order valence-electron chi connectivity index (χ0n) is 23.3. The highest BCUT2D eigenvalue weighted by atomic mass is 16.5. The Kier molecular flexibility index (Phi) is 8.96. The molecule has 0 spiro atoms. The fourth-order valence-electron chi connectivity index (χ4n) is 4.97. The summed E-state index contributed by atoms with van der Waals surface area (Å²) in [6.07, 6.45) is -3.79. The van der Waals surface area contributed by atoms with Crippen LogP contribution in [0.3, 0.4) is 0 Å². The Morgan fingerprint density at radius 1 is 0.927 bits per heavy atom. The average molecular weight is 561 g/mol. The van der Waals surface area contributed by atoms with Gasteiger partial charge in [-0.05, 0) is 53.8 Å². The zero-order valence-corrected chi connectivity index (χ0v) is 23.3. The van der Waals surface area contributed by atoms with Gasteiger partial charge in [-0.25, -0.2) is 4.68 Å². The smallest absolute Gasteiger partial charge is 0.180 e. The summed E-state index contributed by atoms with van der Waals surface area (Å²) in [5.74, 6) is 1.31. The van der Waals surface area contributed by atoms with Gasteiger partial charge in [-0.3, -0.25) is 0 Å². The Morgan fingerprint density at radius 3 is 2.51 bits per heavy atom. The quantitative estimate of drug-likeness (QED) is 0.231. The molecule has 4 aromatic rings. The van der Waals surface area contributed by atoms with E-state index in [0.717, 1.165) is 11.1 Å². The van der Waals surface area contributed by atoms with Crippen LogP contribution in [0.4, 0.5) is 0 Å². The van der Waals surface area contributed by atoms with E-state index < -0.39 is 30.6 Å². The van der Waals surface area contributed by atoms with Crippen LogP contribution in [0.5, 0.6) is 11.5 Å². The second-order valence-electron chi connectivity index (χ2n) is 10.2. The first-order valence-corrected chi connectivity index (χ1v) is 13.6. The third kappa shape index (κ3) is 6.42. The summed E-state index contributed by atoms with van der Waals surface area (Å²) >= 11 is 0. The van der Waals surface area contributed by atoms with Crippen LogP contribution >= 0.6 is 0 Å². The van der Waals surface area contributed by atoms with Crippen LogP contribution in [-0.2, 0) is 24.4 Å². The van der Waals surface area contributed by atoms with Gasteiger partial charge in [0, 0.05) is 13.1 Å². The first kappa shape index (κ1) is 28.7. The van der Waals surface area contributed by atoms with Crippen LogP contribution in [-0.4, -0.2) is 61.8 Å². The molecule has 0 radical (unpaired) electrons. The molecule has 3 aromatic carbocycles. The number of aliphatic hydroxyl groups is 3. The van der Waals surface area contributed by atoms with E-state index in [1.54, 1.807) is 20.2 Å². The van der Waals surface area contributed by atoms with Crippen LogP contribution in [0.2, 0.25) is 0 Å². The third-order valence-corrected chi connectivity index (χ3v) is 7.42. The Balaban J connectivity index is 1.20. The molecule has 1 aromatic heterocycles. The van der Waals surface area contributed by atoms with E-state index in [-0.39, 0.29) is 0 Å². The van der Waals surface area contributed by atoms with Crippen LogP contribution < -0.4 is 14.8 Å². The lowest BCUT2D eigenvalue weighted by Gasteiger charge is -2.38. The van der Waals surface area contributed by atoms with Crippen LogP contribution in [0.25, 0.3) is 11.1 Å². The maximum absolute atomic E-state index is 10.3. The highest BCUT2D eigenvalue weighted by Gasteiger charge is 2.43. The number of aliphatic hydroxyl groups excluding tert-OH is 3. The summed E-state index contributed by atoms with van der Waals surface area (Å²) in [6.45, 7) is 5.10. The number of nitrogens with zero attached hydrogens (tertiary/aromatic N) is 3. The van der Waals surface area contributed by atoms with Gasteiger partial charge in [0.2, 0.25) is 0 Å². The molecule has 1 saturated heterocycles. The normalized spacial score (nSPS) is 22.4. The molecule has 216 valence electrons. The van der Waals surface area contributed by atoms with Crippen molar-refractivity contribution in [3.8, 4) is 22.6 Å². The molecule has 0 bridgehead atoms. The Morgan fingerprint density at radius 2 is 1.73 bits per heavy atom. The number of nitrogens with one attached hydrogen (secondary N) is 1. The predicted octanol–water partition coefficient (Wildman–Crippen LogP) is 3.13. The number of rotatable bonds is 10. The van der Waals surface area contributed by atoms with Crippen molar-refractivity contribution in [3.05, 3.63) is 95.3 Å². The summed E-state index contributed by atoms with van der Waals surface area (Å²) in [5.41, 5.74) is 6.26. The Bertz CT molecular complexity index is 1450. The zero-order chi connectivity index (χ0) is 28.9. The van der Waals surface area contributed by atoms with E-state index in [1.165, 1.54) is 21.4 Å². The second kappa shape index (κ2) is 12.8. The molecule has 0 saturated carbocycles. The fourth-order valence-corrected chi connectivity index (χ4v) is 4.97. The van der Waals surface area contributed by atoms with Gasteiger partial charge in [-0.15, -0.1) is 5.10 Å². The van der Waals surface area contributed by atoms with Gasteiger partial charge in [0.05, 0.1) is 25.1 Å². The van der Waals surface area contributed by atoms with E-state index in [9.17, 15) is 15.3 Å². The maximum atomic E-state index is 10.3. The van der Waals surface area contributed by atoms with Gasteiger partial charge < -0.3 is 34.8 Å². The minimum atomic E-state index is -1.34. The average Bonchev–Trinajstić information content (AvgIpc) is 3.46. The topological polar surface area (TPSA) is 131 Å². The number of hydrogen-bond donors (Lipinski definition) is 4. The van der Waals surface area contributed by atoms with E-state index in [4.69, 9.17) is 14.2 Å². The molecule has 5 rings (SSSR count). The van der Waals surface area contributed by atoms with E-state index in [2.05, 4.69) is 52.9 Å². The van der Waals surface area contributed by atoms with Crippen LogP contribution in [0.1, 0.15) is 35.5 Å². The lowest BCUT2D eigenvalue weighted by molar-refractivity contribution is -0.243. The minimum Gasteiger partial charge on any atom is -0.493 e. The van der Waals surface area contributed by atoms with E-state index in [1.807, 2.05) is 36.4 Å². The Hall–Kier alpha value is -3.80. The largest absolute Gasteiger partial charge is 0.493 e. The molecule has 10 nitrogen and oxygen atoms in total. The van der Waals surface area contributed by atoms with Gasteiger partial charge >= 0.3 is 0 Å². The molecule has 1 fully saturated rings. The summed E-state index contributed by atoms with van der Waals surface area (Å²) < 4.78 is 18.8. The summed E-state index contributed by atoms with van der Waals surface area (Å²) in [4.78, 5) is 0. The summed E-state index contributed by atoms with van der Waals surface area (Å²) in [6, 6.07) is 22.4. The highest BCUT2D eigenvalue weighted by Crippen LogP contribution is 2.31. The van der Waals surface area contributed by atoms with Gasteiger partial charge in [-0.1, -0.05) is 59.8 Å². The highest BCUT2D eigenvalue weighted by molar-refractivity contribution is 5.68. The predicted molar refractivity (Wildman–Crippen MR) is 152 cm³/mol. The van der Waals surface area contributed by atoms with Crippen LogP contribution in [0.15, 0.2) is 72.9 Å². The fraction of sp³-hybridized carbons (Fsp3) is 0.355. The molecule has 0 aliphatic carbocycles. The minimum absolute atomic E-state index is 0.405. The number of hydrogen-bond acceptors (Lipinski definition) is 9. The van der Waals surface area contributed by atoms with E-state index >= 15 is 0 Å². The number of ether oxygens (including phenoxy) is 3. The van der Waals surface area contributed by atoms with Gasteiger partial charge in [0.1, 0.15) is 24.9 Å². The first-order chi connectivity index (χ1) is 19.9. The monoisotopic (exact) mass is 560 g/mol. The van der Waals surface area contributed by atoms with Crippen LogP contribution in [0, 0.1) is 6.92 Å². The third-order valence-electron chi connectivity index (χ3n) is 7.42. The van der Waals surface area contributed by atoms with Crippen molar-refractivity contribution >= 4 is 0 Å². The molecule has 2 heterocycles. The molecule has 0 unspecified atom stereocenters. The van der Waals surface area contributed by atoms with Crippen molar-refractivity contribution in [2.24, 2.45) is 0 Å². The van der Waals surface area contributed by atoms with Crippen molar-refractivity contribution in [2.75, 3.05) is 7.11 Å². The SMILES string of the molecule is COc1ccc(CNCc2cn([C@H]3O[C@@H](C)[C@@H](O)[C@@H](O)[C@@H]3O)nn2)cc1OCc1cccc(-c2ccccc2)c1C. The molecule has 1 aliphatic rings. The number of aromatic nitrogens is 3. The Labute approximate surface area is 239 Å². The van der Waals surface area contributed by atoms with Gasteiger partial charge in [0.15, 0.2) is 17.7 Å². The number of methoxy groups -OCH3 is 1. The molecule has 10 heteroatoms. The molecule has 4 N–H and O–H groups in total. The standard InChI is InChI=1S/C31H36N4O6/c1-19-23(10-7-11-25(19)22-8-5-4-6-9-22)18-40-27-14-21(12-13-26(27)39-3)15-32-16-24-17-35(34-33-24)31-30(38)29(37)28(36)20(2)41-31/h4-14,17,20,28-32,36-38H,15-16,18H2,1-3H3/t20-,28+,29+,30-,31-/m0/s1. The second-order valence-corrected chi connectivity index (χ2v) is 10.2. The van der Waals surface area contributed by atoms with Crippen molar-refractivity contribution in [1.82, 2.24) is 20.3 Å². The van der Waals surface area contributed by atoms with Crippen molar-refractivity contribution < 1.29 is 29.5 Å². The molecule has 41 heavy (non-hydrogen) atoms. The molecule has 1 aliphatic heterocycles. The summed E-state index contributed by atoms with van der Waals surface area (Å²) in [5, 5.41) is 41.8.